The normalized spacial score (nSPS) is 31.6. The van der Waals surface area contributed by atoms with Crippen molar-refractivity contribution in [3.63, 3.8) is 0 Å². The van der Waals surface area contributed by atoms with Gasteiger partial charge >= 0.3 is 0 Å². The Morgan fingerprint density at radius 2 is 1.86 bits per heavy atom. The Hall–Kier alpha value is -1.14. The molecule has 0 bridgehead atoms. The van der Waals surface area contributed by atoms with Crippen LogP contribution in [0.1, 0.15) is 96.1 Å². The topological polar surface area (TPSA) is 46.2 Å². The maximum absolute atomic E-state index is 6.33. The van der Waals surface area contributed by atoms with Gasteiger partial charge in [0, 0.05) is 20.8 Å². The SMILES string of the molecule is CCCCOC(C)(C)CC[C@@H]1Cc2cc(OCOC)ccc2C2CC[C@@]3(C)C(CC[C@@H]3OCOC)C21. The molecule has 2 fully saturated rings. The van der Waals surface area contributed by atoms with E-state index in [2.05, 4.69) is 45.9 Å². The second kappa shape index (κ2) is 12.1. The summed E-state index contributed by atoms with van der Waals surface area (Å²) in [6.45, 7) is 10.9. The van der Waals surface area contributed by atoms with Crippen LogP contribution in [0.5, 0.6) is 5.75 Å². The number of benzene rings is 1. The summed E-state index contributed by atoms with van der Waals surface area (Å²) in [5, 5.41) is 0. The van der Waals surface area contributed by atoms with Gasteiger partial charge in [0.25, 0.3) is 0 Å². The first kappa shape index (κ1) is 27.9. The van der Waals surface area contributed by atoms with Crippen LogP contribution in [0.15, 0.2) is 18.2 Å². The molecule has 36 heavy (non-hydrogen) atoms. The summed E-state index contributed by atoms with van der Waals surface area (Å²) in [7, 11) is 3.41. The summed E-state index contributed by atoms with van der Waals surface area (Å²) in [5.41, 5.74) is 3.20. The minimum atomic E-state index is -0.0773. The highest BCUT2D eigenvalue weighted by Crippen LogP contribution is 2.63. The van der Waals surface area contributed by atoms with Gasteiger partial charge in [0.15, 0.2) is 6.79 Å². The highest BCUT2D eigenvalue weighted by Gasteiger charge is 2.57. The van der Waals surface area contributed by atoms with Gasteiger partial charge in [-0.05, 0) is 118 Å². The molecule has 0 radical (unpaired) electrons. The van der Waals surface area contributed by atoms with Crippen LogP contribution in [0.4, 0.5) is 0 Å². The van der Waals surface area contributed by atoms with Gasteiger partial charge in [0.05, 0.1) is 11.7 Å². The van der Waals surface area contributed by atoms with Crippen molar-refractivity contribution < 1.29 is 23.7 Å². The van der Waals surface area contributed by atoms with Crippen LogP contribution in [0, 0.1) is 23.2 Å². The summed E-state index contributed by atoms with van der Waals surface area (Å²) < 4.78 is 28.9. The van der Waals surface area contributed by atoms with Crippen molar-refractivity contribution in [3.8, 4) is 5.75 Å². The molecule has 6 atom stereocenters. The van der Waals surface area contributed by atoms with Crippen LogP contribution in [-0.4, -0.2) is 46.1 Å². The zero-order chi connectivity index (χ0) is 25.8. The summed E-state index contributed by atoms with van der Waals surface area (Å²) in [6, 6.07) is 6.78. The highest BCUT2D eigenvalue weighted by molar-refractivity contribution is 5.41. The molecule has 3 aliphatic carbocycles. The number of unbranched alkanes of at least 4 members (excludes halogenated alkanes) is 1. The summed E-state index contributed by atoms with van der Waals surface area (Å²) in [6.07, 6.45) is 11.0. The molecule has 5 heteroatoms. The van der Waals surface area contributed by atoms with E-state index >= 15 is 0 Å². The summed E-state index contributed by atoms with van der Waals surface area (Å²) in [4.78, 5) is 0. The molecule has 3 aliphatic rings. The number of methoxy groups -OCH3 is 2. The molecular formula is C31H50O5. The quantitative estimate of drug-likeness (QED) is 0.212. The second-order valence-electron chi connectivity index (χ2n) is 12.4. The van der Waals surface area contributed by atoms with Crippen molar-refractivity contribution in [2.24, 2.45) is 23.2 Å². The van der Waals surface area contributed by atoms with Crippen LogP contribution < -0.4 is 4.74 Å². The van der Waals surface area contributed by atoms with Crippen LogP contribution in [0.2, 0.25) is 0 Å². The summed E-state index contributed by atoms with van der Waals surface area (Å²) >= 11 is 0. The lowest BCUT2D eigenvalue weighted by atomic mass is 9.52. The fourth-order valence-corrected chi connectivity index (χ4v) is 7.74. The van der Waals surface area contributed by atoms with Crippen LogP contribution in [-0.2, 0) is 25.4 Å². The molecular weight excluding hydrogens is 452 g/mol. The third kappa shape index (κ3) is 5.95. The molecule has 5 nitrogen and oxygen atoms in total. The van der Waals surface area contributed by atoms with Crippen LogP contribution >= 0.6 is 0 Å². The lowest BCUT2D eigenvalue weighted by molar-refractivity contribution is -0.129. The molecule has 2 saturated carbocycles. The Kier molecular flexibility index (Phi) is 9.41. The Bertz CT molecular complexity index is 838. The Labute approximate surface area is 219 Å². The minimum absolute atomic E-state index is 0.0773. The maximum Gasteiger partial charge on any atom is 0.188 e. The molecule has 0 aromatic heterocycles. The van der Waals surface area contributed by atoms with Gasteiger partial charge in [0.1, 0.15) is 12.5 Å². The lowest BCUT2D eigenvalue weighted by Crippen LogP contribution is -2.48. The number of rotatable bonds is 13. The first-order valence-corrected chi connectivity index (χ1v) is 14.3. The fourth-order valence-electron chi connectivity index (χ4n) is 7.74. The second-order valence-corrected chi connectivity index (χ2v) is 12.4. The van der Waals surface area contributed by atoms with E-state index < -0.39 is 0 Å². The van der Waals surface area contributed by atoms with E-state index in [0.29, 0.717) is 43.4 Å². The first-order chi connectivity index (χ1) is 17.3. The van der Waals surface area contributed by atoms with Crippen molar-refractivity contribution >= 4 is 0 Å². The van der Waals surface area contributed by atoms with Crippen molar-refractivity contribution in [1.82, 2.24) is 0 Å². The molecule has 3 unspecified atom stereocenters. The predicted molar refractivity (Wildman–Crippen MR) is 143 cm³/mol. The van der Waals surface area contributed by atoms with E-state index in [1.807, 2.05) is 0 Å². The monoisotopic (exact) mass is 502 g/mol. The predicted octanol–water partition coefficient (Wildman–Crippen LogP) is 7.12. The number of fused-ring (bicyclic) bond motifs is 5. The van der Waals surface area contributed by atoms with Gasteiger partial charge in [-0.3, -0.25) is 0 Å². The molecule has 0 saturated heterocycles. The standard InChI is InChI=1S/C31H50O5/c1-7-8-17-36-30(2,3)15-13-22-18-23-19-24(34-20-32-5)9-10-25(23)26-14-16-31(4)27(29(22)26)11-12-28(31)35-21-33-6/h9-10,19,22,26-29H,7-8,11-18,20-21H2,1-6H3/t22-,26?,27?,28+,29?,31+/m1/s1. The molecule has 0 N–H and O–H groups in total. The van der Waals surface area contributed by atoms with Gasteiger partial charge in [-0.15, -0.1) is 0 Å². The largest absolute Gasteiger partial charge is 0.468 e. The van der Waals surface area contributed by atoms with Gasteiger partial charge < -0.3 is 23.7 Å². The van der Waals surface area contributed by atoms with Gasteiger partial charge in [-0.2, -0.15) is 0 Å². The fraction of sp³-hybridized carbons (Fsp3) is 0.806. The smallest absolute Gasteiger partial charge is 0.188 e. The van der Waals surface area contributed by atoms with E-state index in [1.54, 1.807) is 19.8 Å². The Balaban J connectivity index is 1.58. The zero-order valence-electron chi connectivity index (χ0n) is 23.6. The molecule has 204 valence electrons. The van der Waals surface area contributed by atoms with Gasteiger partial charge in [-0.25, -0.2) is 0 Å². The maximum atomic E-state index is 6.33. The Morgan fingerprint density at radius 1 is 1.06 bits per heavy atom. The van der Waals surface area contributed by atoms with Crippen LogP contribution in [0.3, 0.4) is 0 Å². The molecule has 1 aromatic rings. The minimum Gasteiger partial charge on any atom is -0.468 e. The van der Waals surface area contributed by atoms with Crippen molar-refractivity contribution in [2.75, 3.05) is 34.4 Å². The van der Waals surface area contributed by atoms with E-state index in [4.69, 9.17) is 23.7 Å². The number of hydrogen-bond acceptors (Lipinski definition) is 5. The molecule has 0 heterocycles. The number of ether oxygens (including phenoxy) is 5. The van der Waals surface area contributed by atoms with E-state index in [9.17, 15) is 0 Å². The van der Waals surface area contributed by atoms with Crippen molar-refractivity contribution in [1.29, 1.82) is 0 Å². The third-order valence-corrected chi connectivity index (χ3v) is 9.62. The highest BCUT2D eigenvalue weighted by atomic mass is 16.7. The zero-order valence-corrected chi connectivity index (χ0v) is 23.6. The molecule has 0 aliphatic heterocycles. The van der Waals surface area contributed by atoms with Crippen molar-refractivity contribution in [3.05, 3.63) is 29.3 Å². The average molecular weight is 503 g/mol. The van der Waals surface area contributed by atoms with Gasteiger partial charge in [0.2, 0.25) is 0 Å². The molecule has 0 amide bonds. The Morgan fingerprint density at radius 3 is 2.61 bits per heavy atom. The van der Waals surface area contributed by atoms with Gasteiger partial charge in [-0.1, -0.05) is 26.3 Å². The third-order valence-electron chi connectivity index (χ3n) is 9.62. The van der Waals surface area contributed by atoms with Crippen molar-refractivity contribution in [2.45, 2.75) is 103 Å². The van der Waals surface area contributed by atoms with E-state index in [1.165, 1.54) is 37.7 Å². The molecule has 4 rings (SSSR count). The molecule has 1 aromatic carbocycles. The lowest BCUT2D eigenvalue weighted by Gasteiger charge is -2.53. The van der Waals surface area contributed by atoms with E-state index in [-0.39, 0.29) is 11.0 Å². The number of hydrogen-bond donors (Lipinski definition) is 0. The molecule has 0 spiro atoms. The average Bonchev–Trinajstić information content (AvgIpc) is 3.20. The van der Waals surface area contributed by atoms with E-state index in [0.717, 1.165) is 38.0 Å². The van der Waals surface area contributed by atoms with Crippen LogP contribution in [0.25, 0.3) is 0 Å². The summed E-state index contributed by atoms with van der Waals surface area (Å²) in [5.74, 6) is 3.60. The first-order valence-electron chi connectivity index (χ1n) is 14.3.